The molecule has 3 rings (SSSR count). The molecule has 0 atom stereocenters. The van der Waals surface area contributed by atoms with Crippen molar-refractivity contribution in [2.45, 2.75) is 26.6 Å². The van der Waals surface area contributed by atoms with Crippen LogP contribution in [0.3, 0.4) is 0 Å². The number of hydrogen-bond donors (Lipinski definition) is 0. The summed E-state index contributed by atoms with van der Waals surface area (Å²) in [4.78, 5) is 6.79. The zero-order valence-electron chi connectivity index (χ0n) is 13.1. The second-order valence-corrected chi connectivity index (χ2v) is 6.28. The van der Waals surface area contributed by atoms with E-state index in [9.17, 15) is 4.39 Å². The van der Waals surface area contributed by atoms with E-state index in [1.807, 2.05) is 17.0 Å². The van der Waals surface area contributed by atoms with Crippen molar-refractivity contribution >= 4 is 11.3 Å². The molecule has 7 heteroatoms. The maximum Gasteiger partial charge on any atom is 0.147 e. The fourth-order valence-corrected chi connectivity index (χ4v) is 3.21. The van der Waals surface area contributed by atoms with Crippen molar-refractivity contribution in [3.8, 4) is 11.3 Å². The highest BCUT2D eigenvalue weighted by Crippen LogP contribution is 2.23. The minimum Gasteiger partial charge on any atom is -0.317 e. The number of aryl methyl sites for hydroxylation is 1. The molecule has 0 fully saturated rings. The zero-order chi connectivity index (χ0) is 16.2. The largest absolute Gasteiger partial charge is 0.317 e. The van der Waals surface area contributed by atoms with Gasteiger partial charge in [0.05, 0.1) is 18.8 Å². The Morgan fingerprint density at radius 3 is 2.74 bits per heavy atom. The van der Waals surface area contributed by atoms with Crippen molar-refractivity contribution in [2.24, 2.45) is 0 Å². The van der Waals surface area contributed by atoms with Crippen LogP contribution < -0.4 is 0 Å². The number of aromatic nitrogens is 4. The van der Waals surface area contributed by atoms with Gasteiger partial charge < -0.3 is 4.57 Å². The van der Waals surface area contributed by atoms with Crippen LogP contribution in [0.1, 0.15) is 17.8 Å². The molecule has 0 aliphatic rings. The Kier molecular flexibility index (Phi) is 4.78. The first-order valence-electron chi connectivity index (χ1n) is 7.41. The molecule has 1 aromatic carbocycles. The fraction of sp³-hybridized carbons (Fsp3) is 0.312. The van der Waals surface area contributed by atoms with E-state index in [0.29, 0.717) is 0 Å². The van der Waals surface area contributed by atoms with Crippen LogP contribution in [-0.2, 0) is 19.6 Å². The molecular weight excluding hydrogens is 313 g/mol. The van der Waals surface area contributed by atoms with Gasteiger partial charge in [0.2, 0.25) is 0 Å². The first-order chi connectivity index (χ1) is 11.2. The van der Waals surface area contributed by atoms with E-state index in [-0.39, 0.29) is 5.82 Å². The van der Waals surface area contributed by atoms with Gasteiger partial charge in [-0.2, -0.15) is 0 Å². The summed E-state index contributed by atoms with van der Waals surface area (Å²) in [5.74, 6) is 0.717. The van der Waals surface area contributed by atoms with E-state index in [1.54, 1.807) is 29.8 Å². The summed E-state index contributed by atoms with van der Waals surface area (Å²) in [6.07, 6.45) is 1.75. The molecule has 5 nitrogen and oxygen atoms in total. The monoisotopic (exact) mass is 331 g/mol. The lowest BCUT2D eigenvalue weighted by Gasteiger charge is -2.14. The van der Waals surface area contributed by atoms with E-state index >= 15 is 0 Å². The van der Waals surface area contributed by atoms with Gasteiger partial charge in [-0.05, 0) is 38.2 Å². The van der Waals surface area contributed by atoms with Crippen LogP contribution in [0.4, 0.5) is 4.39 Å². The first kappa shape index (κ1) is 15.8. The number of nitrogens with zero attached hydrogens (tertiary/aromatic N) is 5. The number of halogens is 1. The summed E-state index contributed by atoms with van der Waals surface area (Å²) < 4.78 is 15.0. The van der Waals surface area contributed by atoms with Gasteiger partial charge in [-0.25, -0.2) is 9.37 Å². The van der Waals surface area contributed by atoms with Gasteiger partial charge >= 0.3 is 0 Å². The van der Waals surface area contributed by atoms with Crippen LogP contribution in [-0.4, -0.2) is 31.7 Å². The lowest BCUT2D eigenvalue weighted by Crippen LogP contribution is -2.20. The summed E-state index contributed by atoms with van der Waals surface area (Å²) in [5, 5.41) is 11.1. The highest BCUT2D eigenvalue weighted by Gasteiger charge is 2.10. The number of thiazole rings is 1. The Labute approximate surface area is 138 Å². The third-order valence-electron chi connectivity index (χ3n) is 3.54. The number of rotatable bonds is 6. The highest BCUT2D eigenvalue weighted by atomic mass is 32.1. The van der Waals surface area contributed by atoms with Crippen LogP contribution in [0.2, 0.25) is 0 Å². The third-order valence-corrected chi connectivity index (χ3v) is 4.38. The normalized spacial score (nSPS) is 11.3. The van der Waals surface area contributed by atoms with Crippen LogP contribution in [0, 0.1) is 5.82 Å². The van der Waals surface area contributed by atoms with Crippen molar-refractivity contribution < 1.29 is 4.39 Å². The standard InChI is InChI=1S/C16H18FN5S/c1-3-22-11-18-20-15(22)8-21(2)9-16-19-14(10-23-16)12-4-6-13(17)7-5-12/h4-7,10-11H,3,8-9H2,1-2H3. The van der Waals surface area contributed by atoms with Crippen molar-refractivity contribution in [2.75, 3.05) is 7.05 Å². The molecule has 0 radical (unpaired) electrons. The van der Waals surface area contributed by atoms with Gasteiger partial charge in [-0.1, -0.05) is 0 Å². The minimum absolute atomic E-state index is 0.232. The highest BCUT2D eigenvalue weighted by molar-refractivity contribution is 7.09. The summed E-state index contributed by atoms with van der Waals surface area (Å²) in [7, 11) is 2.04. The van der Waals surface area contributed by atoms with Gasteiger partial charge in [0.15, 0.2) is 0 Å². The lowest BCUT2D eigenvalue weighted by atomic mass is 10.2. The van der Waals surface area contributed by atoms with Crippen LogP contribution in [0.15, 0.2) is 36.0 Å². The molecule has 0 saturated carbocycles. The second kappa shape index (κ2) is 6.97. The average molecular weight is 331 g/mol. The Balaban J connectivity index is 1.65. The molecule has 0 N–H and O–H groups in total. The van der Waals surface area contributed by atoms with E-state index in [1.165, 1.54) is 12.1 Å². The zero-order valence-corrected chi connectivity index (χ0v) is 13.9. The molecule has 0 aliphatic heterocycles. The molecule has 120 valence electrons. The summed E-state index contributed by atoms with van der Waals surface area (Å²) in [6.45, 7) is 4.40. The van der Waals surface area contributed by atoms with E-state index in [4.69, 9.17) is 0 Å². The molecular formula is C16H18FN5S. The number of hydrogen-bond acceptors (Lipinski definition) is 5. The average Bonchev–Trinajstić information content (AvgIpc) is 3.17. The lowest BCUT2D eigenvalue weighted by molar-refractivity contribution is 0.304. The smallest absolute Gasteiger partial charge is 0.147 e. The van der Waals surface area contributed by atoms with E-state index < -0.39 is 0 Å². The molecule has 0 spiro atoms. The second-order valence-electron chi connectivity index (χ2n) is 5.34. The molecule has 2 heterocycles. The van der Waals surface area contributed by atoms with Gasteiger partial charge in [-0.15, -0.1) is 21.5 Å². The maximum absolute atomic E-state index is 13.0. The van der Waals surface area contributed by atoms with Crippen molar-refractivity contribution in [1.82, 2.24) is 24.6 Å². The van der Waals surface area contributed by atoms with E-state index in [0.717, 1.165) is 41.7 Å². The predicted octanol–water partition coefficient (Wildman–Crippen LogP) is 3.19. The first-order valence-corrected chi connectivity index (χ1v) is 8.29. The Morgan fingerprint density at radius 2 is 2.00 bits per heavy atom. The molecule has 0 bridgehead atoms. The summed E-state index contributed by atoms with van der Waals surface area (Å²) >= 11 is 1.61. The fourth-order valence-electron chi connectivity index (χ4n) is 2.33. The molecule has 3 aromatic rings. The SMILES string of the molecule is CCn1cnnc1CN(C)Cc1nc(-c2ccc(F)cc2)cs1. The van der Waals surface area contributed by atoms with Gasteiger partial charge in [0.1, 0.15) is 23.0 Å². The van der Waals surface area contributed by atoms with E-state index in [2.05, 4.69) is 27.0 Å². The van der Waals surface area contributed by atoms with Crippen molar-refractivity contribution in [3.05, 3.63) is 52.6 Å². The van der Waals surface area contributed by atoms with Gasteiger partial charge in [-0.3, -0.25) is 4.90 Å². The molecule has 0 aliphatic carbocycles. The van der Waals surface area contributed by atoms with Crippen LogP contribution in [0.25, 0.3) is 11.3 Å². The molecule has 0 unspecified atom stereocenters. The predicted molar refractivity (Wildman–Crippen MR) is 88.4 cm³/mol. The Hall–Kier alpha value is -2.12. The van der Waals surface area contributed by atoms with Crippen molar-refractivity contribution in [3.63, 3.8) is 0 Å². The third kappa shape index (κ3) is 3.80. The van der Waals surface area contributed by atoms with Crippen molar-refractivity contribution in [1.29, 1.82) is 0 Å². The molecule has 23 heavy (non-hydrogen) atoms. The minimum atomic E-state index is -0.232. The topological polar surface area (TPSA) is 46.8 Å². The van der Waals surface area contributed by atoms with Gasteiger partial charge in [0.25, 0.3) is 0 Å². The number of benzene rings is 1. The molecule has 0 saturated heterocycles. The summed E-state index contributed by atoms with van der Waals surface area (Å²) in [5.41, 5.74) is 1.82. The molecule has 0 amide bonds. The summed E-state index contributed by atoms with van der Waals surface area (Å²) in [6, 6.07) is 6.42. The van der Waals surface area contributed by atoms with Crippen LogP contribution >= 0.6 is 11.3 Å². The maximum atomic E-state index is 13.0. The quantitative estimate of drug-likeness (QED) is 0.696. The van der Waals surface area contributed by atoms with Gasteiger partial charge in [0, 0.05) is 17.5 Å². The molecule has 2 aromatic heterocycles. The van der Waals surface area contributed by atoms with Crippen LogP contribution in [0.5, 0.6) is 0 Å². The Morgan fingerprint density at radius 1 is 1.22 bits per heavy atom. The Bertz CT molecular complexity index is 765.